The van der Waals surface area contributed by atoms with Gasteiger partial charge in [0, 0.05) is 7.05 Å². The van der Waals surface area contributed by atoms with Gasteiger partial charge in [-0.1, -0.05) is 12.1 Å². The van der Waals surface area contributed by atoms with Crippen molar-refractivity contribution < 1.29 is 13.5 Å². The Labute approximate surface area is 83.8 Å². The third-order valence-electron chi connectivity index (χ3n) is 1.98. The van der Waals surface area contributed by atoms with Crippen LogP contribution < -0.4 is 4.31 Å². The number of aliphatic hydroxyl groups is 1. The number of hydrogen-bond acceptors (Lipinski definition) is 3. The Morgan fingerprint density at radius 1 is 1.29 bits per heavy atom. The van der Waals surface area contributed by atoms with E-state index in [1.165, 1.54) is 11.4 Å². The predicted molar refractivity (Wildman–Crippen MR) is 55.6 cm³/mol. The second-order valence-electron chi connectivity index (χ2n) is 3.06. The van der Waals surface area contributed by atoms with E-state index in [2.05, 4.69) is 0 Å². The average Bonchev–Trinajstić information content (AvgIpc) is 2.15. The van der Waals surface area contributed by atoms with Gasteiger partial charge in [0.05, 0.1) is 18.6 Å². The summed E-state index contributed by atoms with van der Waals surface area (Å²) in [5, 5.41) is 8.80. The number of rotatable bonds is 3. The van der Waals surface area contributed by atoms with Crippen LogP contribution in [-0.2, 0) is 16.6 Å². The van der Waals surface area contributed by atoms with Crippen molar-refractivity contribution in [2.75, 3.05) is 17.6 Å². The second-order valence-corrected chi connectivity index (χ2v) is 5.07. The number of benzene rings is 1. The molecule has 0 saturated carbocycles. The van der Waals surface area contributed by atoms with Gasteiger partial charge < -0.3 is 5.11 Å². The zero-order chi connectivity index (χ0) is 10.8. The van der Waals surface area contributed by atoms with Gasteiger partial charge in [-0.3, -0.25) is 4.31 Å². The van der Waals surface area contributed by atoms with Crippen molar-refractivity contribution >= 4 is 15.7 Å². The highest BCUT2D eigenvalue weighted by Crippen LogP contribution is 2.15. The molecule has 1 N–H and O–H groups in total. The molecule has 0 amide bonds. The summed E-state index contributed by atoms with van der Waals surface area (Å²) in [6.45, 7) is -0.0388. The lowest BCUT2D eigenvalue weighted by atomic mass is 10.2. The first kappa shape index (κ1) is 11.0. The number of aliphatic hydroxyl groups excluding tert-OH is 1. The number of sulfonamides is 1. The Kier molecular flexibility index (Phi) is 3.13. The van der Waals surface area contributed by atoms with Crippen LogP contribution in [0.5, 0.6) is 0 Å². The Morgan fingerprint density at radius 3 is 2.14 bits per heavy atom. The summed E-state index contributed by atoms with van der Waals surface area (Å²) >= 11 is 0. The summed E-state index contributed by atoms with van der Waals surface area (Å²) in [5.41, 5.74) is 1.35. The monoisotopic (exact) mass is 215 g/mol. The first-order valence-corrected chi connectivity index (χ1v) is 5.93. The van der Waals surface area contributed by atoms with Gasteiger partial charge in [0.15, 0.2) is 0 Å². The molecular weight excluding hydrogens is 202 g/mol. The van der Waals surface area contributed by atoms with Crippen LogP contribution in [0.3, 0.4) is 0 Å². The quantitative estimate of drug-likeness (QED) is 0.802. The van der Waals surface area contributed by atoms with Crippen molar-refractivity contribution in [1.29, 1.82) is 0 Å². The number of hydrogen-bond donors (Lipinski definition) is 1. The maximum absolute atomic E-state index is 11.2. The average molecular weight is 215 g/mol. The van der Waals surface area contributed by atoms with E-state index in [0.29, 0.717) is 5.69 Å². The molecule has 1 aromatic carbocycles. The van der Waals surface area contributed by atoms with Crippen molar-refractivity contribution in [3.63, 3.8) is 0 Å². The lowest BCUT2D eigenvalue weighted by Crippen LogP contribution is -2.24. The summed E-state index contributed by atoms with van der Waals surface area (Å²) < 4.78 is 23.5. The Morgan fingerprint density at radius 2 is 1.79 bits per heavy atom. The minimum atomic E-state index is -3.20. The fourth-order valence-corrected chi connectivity index (χ4v) is 1.51. The van der Waals surface area contributed by atoms with Crippen LogP contribution in [0, 0.1) is 0 Å². The minimum Gasteiger partial charge on any atom is -0.392 e. The molecule has 0 aromatic heterocycles. The van der Waals surface area contributed by atoms with Gasteiger partial charge in [-0.2, -0.15) is 0 Å². The van der Waals surface area contributed by atoms with Crippen LogP contribution >= 0.6 is 0 Å². The lowest BCUT2D eigenvalue weighted by Gasteiger charge is -2.16. The normalized spacial score (nSPS) is 11.4. The molecular formula is C9H13NO3S. The smallest absolute Gasteiger partial charge is 0.231 e. The van der Waals surface area contributed by atoms with Gasteiger partial charge in [0.25, 0.3) is 0 Å². The van der Waals surface area contributed by atoms with Crippen molar-refractivity contribution in [1.82, 2.24) is 0 Å². The Balaban J connectivity index is 2.98. The number of anilines is 1. The van der Waals surface area contributed by atoms with Crippen molar-refractivity contribution in [2.45, 2.75) is 6.61 Å². The van der Waals surface area contributed by atoms with Crippen molar-refractivity contribution in [2.24, 2.45) is 0 Å². The highest BCUT2D eigenvalue weighted by atomic mass is 32.2. The van der Waals surface area contributed by atoms with E-state index in [9.17, 15) is 8.42 Å². The standard InChI is InChI=1S/C9H13NO3S/c1-10(14(2,12)13)9-5-3-8(7-11)4-6-9/h3-6,11H,7H2,1-2H3. The molecule has 78 valence electrons. The third-order valence-corrected chi connectivity index (χ3v) is 3.19. The highest BCUT2D eigenvalue weighted by molar-refractivity contribution is 7.92. The van der Waals surface area contributed by atoms with Gasteiger partial charge in [-0.05, 0) is 17.7 Å². The molecule has 0 unspecified atom stereocenters. The molecule has 0 atom stereocenters. The van der Waals surface area contributed by atoms with Gasteiger partial charge in [-0.15, -0.1) is 0 Å². The first-order valence-electron chi connectivity index (χ1n) is 4.09. The predicted octanol–water partition coefficient (Wildman–Crippen LogP) is 0.575. The second kappa shape index (κ2) is 3.98. The Hall–Kier alpha value is -1.07. The fourth-order valence-electron chi connectivity index (χ4n) is 1.00. The van der Waals surface area contributed by atoms with Gasteiger partial charge >= 0.3 is 0 Å². The fraction of sp³-hybridized carbons (Fsp3) is 0.333. The Bertz CT molecular complexity index is 397. The van der Waals surface area contributed by atoms with Crippen LogP contribution in [0.25, 0.3) is 0 Å². The summed E-state index contributed by atoms with van der Waals surface area (Å²) in [4.78, 5) is 0. The number of nitrogens with zero attached hydrogens (tertiary/aromatic N) is 1. The van der Waals surface area contributed by atoms with Gasteiger partial charge in [0.1, 0.15) is 0 Å². The highest BCUT2D eigenvalue weighted by Gasteiger charge is 2.10. The van der Waals surface area contributed by atoms with E-state index >= 15 is 0 Å². The molecule has 0 aliphatic heterocycles. The largest absolute Gasteiger partial charge is 0.392 e. The molecule has 0 fully saturated rings. The summed E-state index contributed by atoms with van der Waals surface area (Å²) in [7, 11) is -1.72. The van der Waals surface area contributed by atoms with Crippen LogP contribution in [0.4, 0.5) is 5.69 Å². The van der Waals surface area contributed by atoms with Crippen LogP contribution in [-0.4, -0.2) is 26.8 Å². The van der Waals surface area contributed by atoms with Crippen LogP contribution in [0.1, 0.15) is 5.56 Å². The molecule has 0 aliphatic carbocycles. The van der Waals surface area contributed by atoms with Crippen molar-refractivity contribution in [3.05, 3.63) is 29.8 Å². The van der Waals surface area contributed by atoms with Gasteiger partial charge in [0.2, 0.25) is 10.0 Å². The summed E-state index contributed by atoms with van der Waals surface area (Å²) in [5.74, 6) is 0. The van der Waals surface area contributed by atoms with E-state index in [1.807, 2.05) is 0 Å². The van der Waals surface area contributed by atoms with Crippen LogP contribution in [0.15, 0.2) is 24.3 Å². The van der Waals surface area contributed by atoms with Crippen molar-refractivity contribution in [3.8, 4) is 0 Å². The topological polar surface area (TPSA) is 57.6 Å². The van der Waals surface area contributed by atoms with E-state index in [1.54, 1.807) is 24.3 Å². The maximum Gasteiger partial charge on any atom is 0.231 e. The molecule has 1 aromatic rings. The molecule has 0 saturated heterocycles. The maximum atomic E-state index is 11.2. The van der Waals surface area contributed by atoms with E-state index in [4.69, 9.17) is 5.11 Å². The molecule has 5 heteroatoms. The molecule has 4 nitrogen and oxygen atoms in total. The molecule has 14 heavy (non-hydrogen) atoms. The SMILES string of the molecule is CN(c1ccc(CO)cc1)S(C)(=O)=O. The summed E-state index contributed by atoms with van der Waals surface area (Å²) in [6.07, 6.45) is 1.15. The van der Waals surface area contributed by atoms with Gasteiger partial charge in [-0.25, -0.2) is 8.42 Å². The molecule has 0 heterocycles. The summed E-state index contributed by atoms with van der Waals surface area (Å²) in [6, 6.07) is 6.70. The lowest BCUT2D eigenvalue weighted by molar-refractivity contribution is 0.282. The van der Waals surface area contributed by atoms with E-state index in [-0.39, 0.29) is 6.61 Å². The van der Waals surface area contributed by atoms with E-state index in [0.717, 1.165) is 11.8 Å². The molecule has 0 spiro atoms. The zero-order valence-electron chi connectivity index (χ0n) is 8.14. The minimum absolute atomic E-state index is 0.0388. The molecule has 1 rings (SSSR count). The first-order chi connectivity index (χ1) is 6.45. The molecule has 0 aliphatic rings. The van der Waals surface area contributed by atoms with Crippen LogP contribution in [0.2, 0.25) is 0 Å². The molecule has 0 radical (unpaired) electrons. The molecule has 0 bridgehead atoms. The zero-order valence-corrected chi connectivity index (χ0v) is 8.95. The van der Waals surface area contributed by atoms with E-state index < -0.39 is 10.0 Å². The third kappa shape index (κ3) is 2.46.